The lowest BCUT2D eigenvalue weighted by Crippen LogP contribution is -2.31. The Morgan fingerprint density at radius 1 is 1.04 bits per heavy atom. The van der Waals surface area contributed by atoms with Crippen molar-refractivity contribution in [2.45, 2.75) is 32.7 Å². The number of rotatable bonds is 7. The van der Waals surface area contributed by atoms with Gasteiger partial charge in [-0.15, -0.1) is 0 Å². The van der Waals surface area contributed by atoms with Gasteiger partial charge in [0.25, 0.3) is 0 Å². The summed E-state index contributed by atoms with van der Waals surface area (Å²) in [5.74, 6) is 0.181. The molecule has 0 spiro atoms. The minimum Gasteiger partial charge on any atom is -0.338 e. The first-order valence-electron chi connectivity index (χ1n) is 8.03. The number of carbonyl (C=O) groups is 1. The van der Waals surface area contributed by atoms with E-state index in [4.69, 9.17) is 5.26 Å². The molecule has 2 aromatic carbocycles. The number of hydrogen-bond acceptors (Lipinski definition) is 2. The van der Waals surface area contributed by atoms with Crippen molar-refractivity contribution in [3.8, 4) is 6.07 Å². The second-order valence-corrected chi connectivity index (χ2v) is 5.61. The van der Waals surface area contributed by atoms with Crippen LogP contribution in [0.15, 0.2) is 54.6 Å². The van der Waals surface area contributed by atoms with Crippen LogP contribution >= 0.6 is 0 Å². The van der Waals surface area contributed by atoms with E-state index in [1.54, 1.807) is 12.1 Å². The van der Waals surface area contributed by atoms with Crippen molar-refractivity contribution in [1.82, 2.24) is 4.90 Å². The average molecular weight is 306 g/mol. The maximum Gasteiger partial charge on any atom is 0.223 e. The van der Waals surface area contributed by atoms with E-state index in [9.17, 15) is 4.79 Å². The van der Waals surface area contributed by atoms with E-state index in [2.05, 4.69) is 25.1 Å². The van der Waals surface area contributed by atoms with Crippen molar-refractivity contribution < 1.29 is 4.79 Å². The molecule has 2 rings (SSSR count). The Kier molecular flexibility index (Phi) is 6.38. The van der Waals surface area contributed by atoms with Gasteiger partial charge in [-0.05, 0) is 36.1 Å². The minimum absolute atomic E-state index is 0.181. The summed E-state index contributed by atoms with van der Waals surface area (Å²) < 4.78 is 0. The number of nitriles is 1. The van der Waals surface area contributed by atoms with Crippen LogP contribution in [0.1, 0.15) is 36.5 Å². The molecule has 0 saturated heterocycles. The quantitative estimate of drug-likeness (QED) is 0.778. The van der Waals surface area contributed by atoms with Crippen LogP contribution in [0.4, 0.5) is 0 Å². The van der Waals surface area contributed by atoms with Crippen molar-refractivity contribution in [2.75, 3.05) is 6.54 Å². The molecule has 0 radical (unpaired) electrons. The normalized spacial score (nSPS) is 10.1. The molecule has 0 unspecified atom stereocenters. The molecule has 0 fully saturated rings. The molecule has 0 aliphatic carbocycles. The highest BCUT2D eigenvalue weighted by Crippen LogP contribution is 2.11. The zero-order valence-corrected chi connectivity index (χ0v) is 13.5. The molecule has 0 heterocycles. The summed E-state index contributed by atoms with van der Waals surface area (Å²) in [4.78, 5) is 14.4. The Labute approximate surface area is 138 Å². The summed E-state index contributed by atoms with van der Waals surface area (Å²) in [6, 6.07) is 19.7. The van der Waals surface area contributed by atoms with E-state index in [0.29, 0.717) is 18.5 Å². The van der Waals surface area contributed by atoms with E-state index in [-0.39, 0.29) is 5.91 Å². The molecular weight excluding hydrogens is 284 g/mol. The highest BCUT2D eigenvalue weighted by atomic mass is 16.2. The summed E-state index contributed by atoms with van der Waals surface area (Å²) in [5, 5.41) is 8.85. The van der Waals surface area contributed by atoms with Crippen molar-refractivity contribution in [3.63, 3.8) is 0 Å². The van der Waals surface area contributed by atoms with Crippen LogP contribution in [0.5, 0.6) is 0 Å². The zero-order valence-electron chi connectivity index (χ0n) is 13.5. The molecular formula is C20H22N2O. The number of amides is 1. The fourth-order valence-corrected chi connectivity index (χ4v) is 2.52. The van der Waals surface area contributed by atoms with Gasteiger partial charge in [0, 0.05) is 19.5 Å². The molecule has 0 aliphatic rings. The lowest BCUT2D eigenvalue weighted by molar-refractivity contribution is -0.131. The van der Waals surface area contributed by atoms with E-state index in [0.717, 1.165) is 24.9 Å². The fourth-order valence-electron chi connectivity index (χ4n) is 2.52. The first kappa shape index (κ1) is 16.8. The third-order valence-corrected chi connectivity index (χ3v) is 3.77. The van der Waals surface area contributed by atoms with Crippen LogP contribution in [0.25, 0.3) is 0 Å². The van der Waals surface area contributed by atoms with Gasteiger partial charge in [0.05, 0.1) is 11.6 Å². The Hall–Kier alpha value is -2.60. The monoisotopic (exact) mass is 306 g/mol. The maximum absolute atomic E-state index is 12.5. The molecule has 0 aromatic heterocycles. The van der Waals surface area contributed by atoms with Gasteiger partial charge in [-0.1, -0.05) is 49.4 Å². The minimum atomic E-state index is 0.181. The van der Waals surface area contributed by atoms with Gasteiger partial charge in [-0.3, -0.25) is 4.79 Å². The Bertz CT molecular complexity index is 656. The summed E-state index contributed by atoms with van der Waals surface area (Å²) in [7, 11) is 0. The van der Waals surface area contributed by atoms with Crippen LogP contribution in [-0.2, 0) is 17.8 Å². The van der Waals surface area contributed by atoms with Gasteiger partial charge in [0.1, 0.15) is 0 Å². The molecule has 118 valence electrons. The second kappa shape index (κ2) is 8.75. The smallest absolute Gasteiger partial charge is 0.223 e. The van der Waals surface area contributed by atoms with Crippen molar-refractivity contribution in [3.05, 3.63) is 71.3 Å². The van der Waals surface area contributed by atoms with E-state index in [1.165, 1.54) is 5.56 Å². The summed E-state index contributed by atoms with van der Waals surface area (Å²) in [6.45, 7) is 3.44. The van der Waals surface area contributed by atoms with Gasteiger partial charge >= 0.3 is 0 Å². The van der Waals surface area contributed by atoms with Crippen molar-refractivity contribution in [2.24, 2.45) is 0 Å². The summed E-state index contributed by atoms with van der Waals surface area (Å²) in [6.07, 6.45) is 2.24. The van der Waals surface area contributed by atoms with Gasteiger partial charge in [0.2, 0.25) is 5.91 Å². The molecule has 3 heteroatoms. The molecule has 0 saturated carbocycles. The predicted molar refractivity (Wildman–Crippen MR) is 91.6 cm³/mol. The van der Waals surface area contributed by atoms with Crippen molar-refractivity contribution >= 4 is 5.91 Å². The largest absolute Gasteiger partial charge is 0.338 e. The SMILES string of the molecule is CCCN(Cc1ccc(C#N)cc1)C(=O)CCc1ccccc1. The molecule has 3 nitrogen and oxygen atoms in total. The van der Waals surface area contributed by atoms with Crippen LogP contribution < -0.4 is 0 Å². The lowest BCUT2D eigenvalue weighted by Gasteiger charge is -2.22. The van der Waals surface area contributed by atoms with Gasteiger partial charge in [-0.25, -0.2) is 0 Å². The third-order valence-electron chi connectivity index (χ3n) is 3.77. The van der Waals surface area contributed by atoms with Crippen LogP contribution in [-0.4, -0.2) is 17.4 Å². The van der Waals surface area contributed by atoms with Gasteiger partial charge in [-0.2, -0.15) is 5.26 Å². The van der Waals surface area contributed by atoms with E-state index >= 15 is 0 Å². The standard InChI is InChI=1S/C20H22N2O/c1-2-14-22(16-19-10-8-18(15-21)9-11-19)20(23)13-12-17-6-4-3-5-7-17/h3-11H,2,12-14,16H2,1H3. The second-order valence-electron chi connectivity index (χ2n) is 5.61. The van der Waals surface area contributed by atoms with Gasteiger partial charge < -0.3 is 4.90 Å². The Balaban J connectivity index is 1.96. The molecule has 0 aliphatic heterocycles. The van der Waals surface area contributed by atoms with E-state index < -0.39 is 0 Å². The fraction of sp³-hybridized carbons (Fsp3) is 0.300. The number of carbonyl (C=O) groups excluding carboxylic acids is 1. The van der Waals surface area contributed by atoms with Crippen LogP contribution in [0.2, 0.25) is 0 Å². The maximum atomic E-state index is 12.5. The molecule has 1 amide bonds. The molecule has 23 heavy (non-hydrogen) atoms. The molecule has 2 aromatic rings. The molecule has 0 bridgehead atoms. The van der Waals surface area contributed by atoms with Crippen LogP contribution in [0, 0.1) is 11.3 Å². The Morgan fingerprint density at radius 2 is 1.74 bits per heavy atom. The van der Waals surface area contributed by atoms with Crippen LogP contribution in [0.3, 0.4) is 0 Å². The summed E-state index contributed by atoms with van der Waals surface area (Å²) >= 11 is 0. The number of benzene rings is 2. The predicted octanol–water partition coefficient (Wildman–Crippen LogP) is 3.93. The molecule has 0 atom stereocenters. The zero-order chi connectivity index (χ0) is 16.5. The number of nitrogens with zero attached hydrogens (tertiary/aromatic N) is 2. The Morgan fingerprint density at radius 3 is 2.35 bits per heavy atom. The third kappa shape index (κ3) is 5.27. The lowest BCUT2D eigenvalue weighted by atomic mass is 10.1. The highest BCUT2D eigenvalue weighted by molar-refractivity contribution is 5.76. The van der Waals surface area contributed by atoms with E-state index in [1.807, 2.05) is 35.2 Å². The number of aryl methyl sites for hydroxylation is 1. The average Bonchev–Trinajstić information content (AvgIpc) is 2.61. The topological polar surface area (TPSA) is 44.1 Å². The van der Waals surface area contributed by atoms with Crippen molar-refractivity contribution in [1.29, 1.82) is 5.26 Å². The molecule has 0 N–H and O–H groups in total. The first-order chi connectivity index (χ1) is 11.2. The first-order valence-corrected chi connectivity index (χ1v) is 8.03. The number of hydrogen-bond donors (Lipinski definition) is 0. The summed E-state index contributed by atoms with van der Waals surface area (Å²) in [5.41, 5.74) is 2.90. The highest BCUT2D eigenvalue weighted by Gasteiger charge is 2.13. The van der Waals surface area contributed by atoms with Gasteiger partial charge in [0.15, 0.2) is 0 Å².